The van der Waals surface area contributed by atoms with Gasteiger partial charge < -0.3 is 10.1 Å². The molecule has 8 heteroatoms. The minimum Gasteiger partial charge on any atom is -0.379 e. The smallest absolute Gasteiger partial charge is 0.251 e. The van der Waals surface area contributed by atoms with Gasteiger partial charge in [0.15, 0.2) is 0 Å². The second-order valence-electron chi connectivity index (χ2n) is 5.01. The van der Waals surface area contributed by atoms with Crippen molar-refractivity contribution in [3.63, 3.8) is 0 Å². The van der Waals surface area contributed by atoms with Crippen LogP contribution in [0.4, 0.5) is 0 Å². The molecule has 1 unspecified atom stereocenters. The highest BCUT2D eigenvalue weighted by atomic mass is 79.9. The van der Waals surface area contributed by atoms with Crippen LogP contribution in [0.3, 0.4) is 0 Å². The van der Waals surface area contributed by atoms with E-state index in [1.807, 2.05) is 0 Å². The highest BCUT2D eigenvalue weighted by Gasteiger charge is 2.21. The minimum absolute atomic E-state index is 0.0532. The molecule has 1 amide bonds. The topological polar surface area (TPSA) is 98.5 Å². The molecule has 1 heterocycles. The number of carbonyl (C=O) groups excluding carboxylic acids is 1. The summed E-state index contributed by atoms with van der Waals surface area (Å²) in [5, 5.41) is 7.99. The lowest BCUT2D eigenvalue weighted by Gasteiger charge is -2.23. The molecule has 0 aliphatic carbocycles. The van der Waals surface area contributed by atoms with Crippen LogP contribution < -0.4 is 10.5 Å². The molecule has 0 aromatic heterocycles. The monoisotopic (exact) mass is 376 g/mol. The van der Waals surface area contributed by atoms with Gasteiger partial charge >= 0.3 is 0 Å². The Kier molecular flexibility index (Phi) is 5.03. The van der Waals surface area contributed by atoms with Crippen molar-refractivity contribution < 1.29 is 17.9 Å². The summed E-state index contributed by atoms with van der Waals surface area (Å²) in [4.78, 5) is 12.2. The van der Waals surface area contributed by atoms with Gasteiger partial charge in [0.2, 0.25) is 10.0 Å². The van der Waals surface area contributed by atoms with Crippen LogP contribution >= 0.6 is 15.9 Å². The Labute approximate surface area is 132 Å². The SMILES string of the molecule is Cc1c(Br)cc(S(N)(=O)=O)cc1C(=O)NC1CCCOC1. The number of hydrogen-bond donors (Lipinski definition) is 2. The molecule has 1 aliphatic rings. The van der Waals surface area contributed by atoms with Crippen LogP contribution in [-0.2, 0) is 14.8 Å². The molecule has 1 fully saturated rings. The maximum atomic E-state index is 12.3. The maximum absolute atomic E-state index is 12.3. The van der Waals surface area contributed by atoms with Crippen molar-refractivity contribution in [2.24, 2.45) is 5.14 Å². The number of rotatable bonds is 3. The molecule has 2 rings (SSSR count). The molecule has 21 heavy (non-hydrogen) atoms. The van der Waals surface area contributed by atoms with Gasteiger partial charge in [0.25, 0.3) is 5.91 Å². The summed E-state index contributed by atoms with van der Waals surface area (Å²) in [6.45, 7) is 2.92. The third-order valence-corrected chi connectivity index (χ3v) is 5.10. The number of carbonyl (C=O) groups is 1. The highest BCUT2D eigenvalue weighted by molar-refractivity contribution is 9.10. The quantitative estimate of drug-likeness (QED) is 0.830. The molecule has 1 saturated heterocycles. The Morgan fingerprint density at radius 1 is 1.48 bits per heavy atom. The van der Waals surface area contributed by atoms with Crippen molar-refractivity contribution in [1.29, 1.82) is 0 Å². The molecular formula is C13H17BrN2O4S. The molecule has 1 aromatic carbocycles. The van der Waals surface area contributed by atoms with Crippen LogP contribution in [0.1, 0.15) is 28.8 Å². The van der Waals surface area contributed by atoms with Gasteiger partial charge in [-0.2, -0.15) is 0 Å². The first-order valence-electron chi connectivity index (χ1n) is 6.50. The lowest BCUT2D eigenvalue weighted by molar-refractivity contribution is 0.0623. The first-order chi connectivity index (χ1) is 9.79. The van der Waals surface area contributed by atoms with Gasteiger partial charge in [-0.25, -0.2) is 13.6 Å². The summed E-state index contributed by atoms with van der Waals surface area (Å²) in [7, 11) is -3.87. The van der Waals surface area contributed by atoms with Crippen LogP contribution in [0.15, 0.2) is 21.5 Å². The standard InChI is InChI=1S/C13H17BrN2O4S/c1-8-11(5-10(6-12(8)14)21(15,18)19)13(17)16-9-3-2-4-20-7-9/h5-6,9H,2-4,7H2,1H3,(H,16,17)(H2,15,18,19). The number of nitrogens with one attached hydrogen (secondary N) is 1. The van der Waals surface area contributed by atoms with Crippen LogP contribution in [-0.4, -0.2) is 33.6 Å². The van der Waals surface area contributed by atoms with E-state index in [9.17, 15) is 13.2 Å². The van der Waals surface area contributed by atoms with Gasteiger partial charge in [-0.05, 0) is 37.5 Å². The maximum Gasteiger partial charge on any atom is 0.251 e. The molecular weight excluding hydrogens is 360 g/mol. The number of primary sulfonamides is 1. The van der Waals surface area contributed by atoms with Gasteiger partial charge in [0, 0.05) is 16.6 Å². The minimum atomic E-state index is -3.87. The Balaban J connectivity index is 2.29. The first-order valence-corrected chi connectivity index (χ1v) is 8.84. The van der Waals surface area contributed by atoms with E-state index in [1.54, 1.807) is 6.92 Å². The van der Waals surface area contributed by atoms with Gasteiger partial charge in [-0.15, -0.1) is 0 Å². The van der Waals surface area contributed by atoms with Crippen LogP contribution in [0, 0.1) is 6.92 Å². The fourth-order valence-electron chi connectivity index (χ4n) is 2.17. The molecule has 0 radical (unpaired) electrons. The largest absolute Gasteiger partial charge is 0.379 e. The van der Waals surface area contributed by atoms with Gasteiger partial charge in [0.05, 0.1) is 17.5 Å². The summed E-state index contributed by atoms with van der Waals surface area (Å²) in [6, 6.07) is 2.64. The Bertz CT molecular complexity index is 654. The molecule has 0 spiro atoms. The van der Waals surface area contributed by atoms with Crippen molar-refractivity contribution >= 4 is 31.9 Å². The number of sulfonamides is 1. The molecule has 3 N–H and O–H groups in total. The summed E-state index contributed by atoms with van der Waals surface area (Å²) in [5.41, 5.74) is 0.954. The Morgan fingerprint density at radius 3 is 2.76 bits per heavy atom. The summed E-state index contributed by atoms with van der Waals surface area (Å²) in [6.07, 6.45) is 1.74. The number of hydrogen-bond acceptors (Lipinski definition) is 4. The van der Waals surface area contributed by atoms with Gasteiger partial charge in [-0.1, -0.05) is 15.9 Å². The predicted octanol–water partition coefficient (Wildman–Crippen LogP) is 1.31. The van der Waals surface area contributed by atoms with Crippen molar-refractivity contribution in [2.45, 2.75) is 30.7 Å². The number of benzene rings is 1. The fourth-order valence-corrected chi connectivity index (χ4v) is 3.35. The molecule has 6 nitrogen and oxygen atoms in total. The summed E-state index contributed by atoms with van der Waals surface area (Å²) < 4.78 is 28.8. The van der Waals surface area contributed by atoms with E-state index in [1.165, 1.54) is 12.1 Å². The van der Waals surface area contributed by atoms with E-state index in [4.69, 9.17) is 9.88 Å². The van der Waals surface area contributed by atoms with Gasteiger partial charge in [0.1, 0.15) is 0 Å². The van der Waals surface area contributed by atoms with Crippen molar-refractivity contribution in [1.82, 2.24) is 5.32 Å². The number of nitrogens with two attached hydrogens (primary N) is 1. The molecule has 116 valence electrons. The average molecular weight is 377 g/mol. The zero-order valence-corrected chi connectivity index (χ0v) is 14.0. The van der Waals surface area contributed by atoms with Crippen molar-refractivity contribution in [3.05, 3.63) is 27.7 Å². The van der Waals surface area contributed by atoms with E-state index in [0.717, 1.165) is 12.8 Å². The summed E-state index contributed by atoms with van der Waals surface area (Å²) >= 11 is 3.26. The number of amides is 1. The molecule has 1 aromatic rings. The van der Waals surface area contributed by atoms with Crippen LogP contribution in [0.5, 0.6) is 0 Å². The van der Waals surface area contributed by atoms with E-state index < -0.39 is 10.0 Å². The lowest BCUT2D eigenvalue weighted by atomic mass is 10.1. The second kappa shape index (κ2) is 6.43. The van der Waals surface area contributed by atoms with Crippen molar-refractivity contribution in [3.8, 4) is 0 Å². The lowest BCUT2D eigenvalue weighted by Crippen LogP contribution is -2.40. The third-order valence-electron chi connectivity index (χ3n) is 3.39. The van der Waals surface area contributed by atoms with E-state index >= 15 is 0 Å². The second-order valence-corrected chi connectivity index (χ2v) is 7.43. The first kappa shape index (κ1) is 16.4. The van der Waals surface area contributed by atoms with Crippen LogP contribution in [0.2, 0.25) is 0 Å². The number of ether oxygens (including phenoxy) is 1. The van der Waals surface area contributed by atoms with E-state index in [2.05, 4.69) is 21.2 Å². The summed E-state index contributed by atoms with van der Waals surface area (Å²) in [5.74, 6) is -0.325. The van der Waals surface area contributed by atoms with E-state index in [0.29, 0.717) is 28.8 Å². The average Bonchev–Trinajstić information content (AvgIpc) is 2.41. The Hall–Kier alpha value is -0.960. The Morgan fingerprint density at radius 2 is 2.19 bits per heavy atom. The van der Waals surface area contributed by atoms with Gasteiger partial charge in [-0.3, -0.25) is 4.79 Å². The zero-order chi connectivity index (χ0) is 15.6. The van der Waals surface area contributed by atoms with Crippen LogP contribution in [0.25, 0.3) is 0 Å². The molecule has 0 bridgehead atoms. The highest BCUT2D eigenvalue weighted by Crippen LogP contribution is 2.24. The van der Waals surface area contributed by atoms with E-state index in [-0.39, 0.29) is 16.8 Å². The molecule has 0 saturated carbocycles. The number of halogens is 1. The zero-order valence-electron chi connectivity index (χ0n) is 11.6. The molecule has 1 aliphatic heterocycles. The normalized spacial score (nSPS) is 19.3. The fraction of sp³-hybridized carbons (Fsp3) is 0.462. The predicted molar refractivity (Wildman–Crippen MR) is 81.6 cm³/mol. The molecule has 1 atom stereocenters. The van der Waals surface area contributed by atoms with Crippen molar-refractivity contribution in [2.75, 3.05) is 13.2 Å². The third kappa shape index (κ3) is 4.03.